The van der Waals surface area contributed by atoms with Gasteiger partial charge in [-0.2, -0.15) is 0 Å². The Bertz CT molecular complexity index is 771. The minimum Gasteiger partial charge on any atom is -0.368 e. The zero-order valence-corrected chi connectivity index (χ0v) is 16.1. The summed E-state index contributed by atoms with van der Waals surface area (Å²) in [4.78, 5) is 23.3. The molecule has 1 fully saturated rings. The average molecular weight is 367 g/mol. The first-order chi connectivity index (χ1) is 12.9. The summed E-state index contributed by atoms with van der Waals surface area (Å²) >= 11 is 0. The summed E-state index contributed by atoms with van der Waals surface area (Å²) in [6.07, 6.45) is 4.22. The third-order valence-corrected chi connectivity index (χ3v) is 5.32. The Balaban J connectivity index is 1.75. The zero-order valence-electron chi connectivity index (χ0n) is 16.1. The van der Waals surface area contributed by atoms with E-state index in [0.717, 1.165) is 25.9 Å². The van der Waals surface area contributed by atoms with Crippen molar-refractivity contribution in [3.05, 3.63) is 53.9 Å². The number of carbonyl (C=O) groups excluding carboxylic acids is 1. The Hall–Kier alpha value is -2.47. The van der Waals surface area contributed by atoms with Gasteiger partial charge in [0, 0.05) is 19.3 Å². The van der Waals surface area contributed by atoms with E-state index in [0.29, 0.717) is 24.0 Å². The fraction of sp³-hybridized carbons (Fsp3) is 0.476. The molecule has 0 aliphatic carbocycles. The first-order valence-electron chi connectivity index (χ1n) is 9.62. The van der Waals surface area contributed by atoms with E-state index < -0.39 is 11.4 Å². The van der Waals surface area contributed by atoms with Crippen LogP contribution in [0.4, 0.5) is 5.95 Å². The maximum atomic E-state index is 12.1. The summed E-state index contributed by atoms with van der Waals surface area (Å²) in [5.74, 6) is 0.857. The summed E-state index contributed by atoms with van der Waals surface area (Å²) in [5, 5.41) is 0. The van der Waals surface area contributed by atoms with Crippen LogP contribution in [0.15, 0.2) is 42.6 Å². The second-order valence-corrected chi connectivity index (χ2v) is 7.85. The Kier molecular flexibility index (Phi) is 5.75. The molecule has 0 bridgehead atoms. The van der Waals surface area contributed by atoms with E-state index in [1.54, 1.807) is 12.3 Å². The number of nitrogens with two attached hydrogens (primary N) is 2. The molecule has 1 aromatic carbocycles. The van der Waals surface area contributed by atoms with Gasteiger partial charge >= 0.3 is 0 Å². The molecule has 0 saturated carbocycles. The lowest BCUT2D eigenvalue weighted by Crippen LogP contribution is -2.50. The Morgan fingerprint density at radius 1 is 1.22 bits per heavy atom. The van der Waals surface area contributed by atoms with E-state index in [-0.39, 0.29) is 5.92 Å². The zero-order chi connectivity index (χ0) is 19.4. The minimum absolute atomic E-state index is 0.225. The number of nitrogens with zero attached hydrogens (tertiary/aromatic N) is 3. The molecular weight excluding hydrogens is 338 g/mol. The molecule has 6 heteroatoms. The lowest BCUT2D eigenvalue weighted by molar-refractivity contribution is -0.124. The van der Waals surface area contributed by atoms with E-state index in [2.05, 4.69) is 39.1 Å². The van der Waals surface area contributed by atoms with Crippen molar-refractivity contribution in [1.82, 2.24) is 9.97 Å². The van der Waals surface area contributed by atoms with E-state index in [1.807, 2.05) is 19.9 Å². The number of rotatable bonds is 6. The molecule has 2 heterocycles. The second-order valence-electron chi connectivity index (χ2n) is 7.85. The van der Waals surface area contributed by atoms with Gasteiger partial charge in [-0.15, -0.1) is 0 Å². The van der Waals surface area contributed by atoms with E-state index >= 15 is 0 Å². The van der Waals surface area contributed by atoms with Gasteiger partial charge in [0.2, 0.25) is 11.9 Å². The number of amides is 1. The van der Waals surface area contributed by atoms with Crippen LogP contribution in [-0.4, -0.2) is 29.0 Å². The van der Waals surface area contributed by atoms with Crippen molar-refractivity contribution in [3.8, 4) is 0 Å². The average Bonchev–Trinajstić information content (AvgIpc) is 2.68. The van der Waals surface area contributed by atoms with Crippen molar-refractivity contribution in [2.75, 3.05) is 18.0 Å². The van der Waals surface area contributed by atoms with Gasteiger partial charge in [0.15, 0.2) is 0 Å². The number of hydrogen-bond acceptors (Lipinski definition) is 5. The van der Waals surface area contributed by atoms with Gasteiger partial charge in [0.1, 0.15) is 5.54 Å². The van der Waals surface area contributed by atoms with Gasteiger partial charge in [-0.05, 0) is 42.7 Å². The third kappa shape index (κ3) is 4.27. The summed E-state index contributed by atoms with van der Waals surface area (Å²) in [5.41, 5.74) is 12.6. The number of carbonyl (C=O) groups is 1. The highest BCUT2D eigenvalue weighted by Gasteiger charge is 2.37. The van der Waals surface area contributed by atoms with Crippen LogP contribution < -0.4 is 16.4 Å². The van der Waals surface area contributed by atoms with Crippen molar-refractivity contribution in [1.29, 1.82) is 0 Å². The van der Waals surface area contributed by atoms with Crippen molar-refractivity contribution in [2.45, 2.75) is 44.6 Å². The van der Waals surface area contributed by atoms with Gasteiger partial charge in [0.25, 0.3) is 0 Å². The molecule has 1 aliphatic heterocycles. The number of benzene rings is 1. The van der Waals surface area contributed by atoms with Gasteiger partial charge in [-0.1, -0.05) is 44.2 Å². The fourth-order valence-electron chi connectivity index (χ4n) is 3.86. The highest BCUT2D eigenvalue weighted by Crippen LogP contribution is 2.30. The van der Waals surface area contributed by atoms with Gasteiger partial charge in [0.05, 0.1) is 5.69 Å². The van der Waals surface area contributed by atoms with Gasteiger partial charge < -0.3 is 16.4 Å². The summed E-state index contributed by atoms with van der Waals surface area (Å²) < 4.78 is 0. The molecule has 0 radical (unpaired) electrons. The van der Waals surface area contributed by atoms with Gasteiger partial charge in [-0.3, -0.25) is 4.79 Å². The van der Waals surface area contributed by atoms with Crippen LogP contribution in [0.2, 0.25) is 0 Å². The molecule has 0 spiro atoms. The smallest absolute Gasteiger partial charge is 0.243 e. The Morgan fingerprint density at radius 2 is 1.89 bits per heavy atom. The SMILES string of the molecule is CC(C)C[C@](N)(C(N)=O)c1ccnc(N2CCC(c3ccccc3)CC2)n1. The predicted molar refractivity (Wildman–Crippen MR) is 107 cm³/mol. The third-order valence-electron chi connectivity index (χ3n) is 5.32. The number of hydrogen-bond donors (Lipinski definition) is 2. The Labute approximate surface area is 161 Å². The molecule has 1 amide bonds. The van der Waals surface area contributed by atoms with Crippen molar-refractivity contribution in [2.24, 2.45) is 17.4 Å². The molecule has 144 valence electrons. The Morgan fingerprint density at radius 3 is 2.48 bits per heavy atom. The lowest BCUT2D eigenvalue weighted by atomic mass is 9.86. The van der Waals surface area contributed by atoms with Gasteiger partial charge in [-0.25, -0.2) is 9.97 Å². The summed E-state index contributed by atoms with van der Waals surface area (Å²) in [7, 11) is 0. The second kappa shape index (κ2) is 8.05. The quantitative estimate of drug-likeness (QED) is 0.817. The number of piperidine rings is 1. The van der Waals surface area contributed by atoms with Crippen LogP contribution in [0.25, 0.3) is 0 Å². The fourth-order valence-corrected chi connectivity index (χ4v) is 3.86. The molecule has 2 aromatic rings. The van der Waals surface area contributed by atoms with Crippen molar-refractivity contribution < 1.29 is 4.79 Å². The molecule has 1 aromatic heterocycles. The number of anilines is 1. The highest BCUT2D eigenvalue weighted by atomic mass is 16.1. The minimum atomic E-state index is -1.27. The highest BCUT2D eigenvalue weighted by molar-refractivity contribution is 5.85. The maximum Gasteiger partial charge on any atom is 0.243 e. The van der Waals surface area contributed by atoms with Crippen LogP contribution >= 0.6 is 0 Å². The molecule has 6 nitrogen and oxygen atoms in total. The molecule has 3 rings (SSSR count). The lowest BCUT2D eigenvalue weighted by Gasteiger charge is -2.33. The van der Waals surface area contributed by atoms with Crippen LogP contribution in [0.5, 0.6) is 0 Å². The van der Waals surface area contributed by atoms with Crippen LogP contribution in [0.1, 0.15) is 50.3 Å². The van der Waals surface area contributed by atoms with Crippen LogP contribution in [-0.2, 0) is 10.3 Å². The molecule has 1 atom stereocenters. The van der Waals surface area contributed by atoms with Crippen LogP contribution in [0.3, 0.4) is 0 Å². The monoisotopic (exact) mass is 367 g/mol. The molecule has 0 unspecified atom stereocenters. The molecule has 27 heavy (non-hydrogen) atoms. The number of primary amides is 1. The number of aromatic nitrogens is 2. The largest absolute Gasteiger partial charge is 0.368 e. The standard InChI is InChI=1S/C21H29N5O/c1-15(2)14-21(23,19(22)27)18-8-11-24-20(25-18)26-12-9-17(10-13-26)16-6-4-3-5-7-16/h3-8,11,15,17H,9-10,12-14,23H2,1-2H3,(H2,22,27)/t21-/m1/s1. The van der Waals surface area contributed by atoms with E-state index in [1.165, 1.54) is 5.56 Å². The molecule has 4 N–H and O–H groups in total. The van der Waals surface area contributed by atoms with Crippen molar-refractivity contribution >= 4 is 11.9 Å². The maximum absolute atomic E-state index is 12.1. The molecule has 1 aliphatic rings. The van der Waals surface area contributed by atoms with E-state index in [9.17, 15) is 4.79 Å². The van der Waals surface area contributed by atoms with E-state index in [4.69, 9.17) is 11.5 Å². The molecule has 1 saturated heterocycles. The summed E-state index contributed by atoms with van der Waals surface area (Å²) in [6, 6.07) is 12.3. The summed E-state index contributed by atoms with van der Waals surface area (Å²) in [6.45, 7) is 5.78. The first kappa shape index (κ1) is 19.3. The first-order valence-corrected chi connectivity index (χ1v) is 9.62. The predicted octanol–water partition coefficient (Wildman–Crippen LogP) is 2.55. The normalized spacial score (nSPS) is 17.7. The topological polar surface area (TPSA) is 98.1 Å². The van der Waals surface area contributed by atoms with Crippen molar-refractivity contribution in [3.63, 3.8) is 0 Å². The molecular formula is C21H29N5O. The van der Waals surface area contributed by atoms with Crippen LogP contribution in [0, 0.1) is 5.92 Å².